The first kappa shape index (κ1) is 10.5. The summed E-state index contributed by atoms with van der Waals surface area (Å²) in [6.45, 7) is 1.76. The number of aromatic nitrogens is 2. The number of aryl methyl sites for hydroxylation is 1. The Morgan fingerprint density at radius 2 is 1.94 bits per heavy atom. The maximum Gasteiger partial charge on any atom is 0.204 e. The number of imidazole rings is 1. The van der Waals surface area contributed by atoms with Gasteiger partial charge in [0.2, 0.25) is 5.95 Å². The minimum atomic E-state index is -1.51. The van der Waals surface area contributed by atoms with Crippen molar-refractivity contribution in [2.24, 2.45) is 0 Å². The summed E-state index contributed by atoms with van der Waals surface area (Å²) < 4.78 is 38.8. The normalized spacial score (nSPS) is 10.5. The summed E-state index contributed by atoms with van der Waals surface area (Å²) in [6.07, 6.45) is 1.53. The van der Waals surface area contributed by atoms with Gasteiger partial charge in [-0.05, 0) is 19.1 Å². The molecule has 3 nitrogen and oxygen atoms in total. The number of nitrogens with one attached hydrogen (secondary N) is 2. The topological polar surface area (TPSA) is 40.7 Å². The molecule has 0 spiro atoms. The van der Waals surface area contributed by atoms with Gasteiger partial charge < -0.3 is 10.3 Å². The summed E-state index contributed by atoms with van der Waals surface area (Å²) >= 11 is 0. The molecule has 0 saturated heterocycles. The van der Waals surface area contributed by atoms with Gasteiger partial charge in [0.05, 0.1) is 5.69 Å². The summed E-state index contributed by atoms with van der Waals surface area (Å²) in [4.78, 5) is 6.64. The Labute approximate surface area is 89.3 Å². The van der Waals surface area contributed by atoms with E-state index in [1.807, 2.05) is 0 Å². The van der Waals surface area contributed by atoms with Crippen molar-refractivity contribution in [1.82, 2.24) is 9.97 Å². The Kier molecular flexibility index (Phi) is 2.55. The minimum absolute atomic E-state index is 0.173. The second kappa shape index (κ2) is 3.88. The van der Waals surface area contributed by atoms with Gasteiger partial charge >= 0.3 is 0 Å². The molecule has 2 rings (SSSR count). The molecule has 84 valence electrons. The molecule has 6 heteroatoms. The highest BCUT2D eigenvalue weighted by molar-refractivity contribution is 5.54. The Morgan fingerprint density at radius 1 is 1.19 bits per heavy atom. The van der Waals surface area contributed by atoms with Crippen molar-refractivity contribution in [3.05, 3.63) is 41.5 Å². The van der Waals surface area contributed by atoms with E-state index in [9.17, 15) is 13.2 Å². The molecule has 0 amide bonds. The number of benzene rings is 1. The lowest BCUT2D eigenvalue weighted by molar-refractivity contribution is 0.449. The highest BCUT2D eigenvalue weighted by atomic mass is 19.2. The van der Waals surface area contributed by atoms with E-state index in [-0.39, 0.29) is 11.6 Å². The average Bonchev–Trinajstić information content (AvgIpc) is 2.65. The van der Waals surface area contributed by atoms with Gasteiger partial charge in [-0.2, -0.15) is 0 Å². The molecule has 1 heterocycles. The first-order valence-corrected chi connectivity index (χ1v) is 4.50. The number of aromatic amines is 1. The summed E-state index contributed by atoms with van der Waals surface area (Å²) in [5.41, 5.74) is 0.596. The van der Waals surface area contributed by atoms with Crippen LogP contribution in [0.5, 0.6) is 0 Å². The van der Waals surface area contributed by atoms with Crippen LogP contribution < -0.4 is 5.32 Å². The van der Waals surface area contributed by atoms with Crippen LogP contribution in [0.1, 0.15) is 5.69 Å². The molecule has 0 atom stereocenters. The smallest absolute Gasteiger partial charge is 0.204 e. The summed E-state index contributed by atoms with van der Waals surface area (Å²) in [6, 6.07) is 1.95. The van der Waals surface area contributed by atoms with Crippen molar-refractivity contribution in [3.63, 3.8) is 0 Å². The summed E-state index contributed by atoms with van der Waals surface area (Å²) in [5.74, 6) is -3.73. The van der Waals surface area contributed by atoms with Gasteiger partial charge in [0.25, 0.3) is 0 Å². The third-order valence-corrected chi connectivity index (χ3v) is 1.99. The molecule has 2 N–H and O–H groups in total. The minimum Gasteiger partial charge on any atom is -0.328 e. The lowest BCUT2D eigenvalue weighted by Crippen LogP contribution is -1.99. The van der Waals surface area contributed by atoms with Crippen LogP contribution in [0.15, 0.2) is 18.3 Å². The van der Waals surface area contributed by atoms with Gasteiger partial charge in [-0.15, -0.1) is 0 Å². The van der Waals surface area contributed by atoms with Crippen LogP contribution in [-0.2, 0) is 0 Å². The molecule has 1 aromatic heterocycles. The van der Waals surface area contributed by atoms with Crippen LogP contribution in [0.3, 0.4) is 0 Å². The number of nitrogens with zero attached hydrogens (tertiary/aromatic N) is 1. The molecule has 0 aliphatic heterocycles. The van der Waals surface area contributed by atoms with Crippen LogP contribution in [0, 0.1) is 24.4 Å². The molecule has 0 fully saturated rings. The number of hydrogen-bond donors (Lipinski definition) is 2. The molecular formula is C10H8F3N3. The Morgan fingerprint density at radius 3 is 2.56 bits per heavy atom. The van der Waals surface area contributed by atoms with Crippen LogP contribution in [0.2, 0.25) is 0 Å². The van der Waals surface area contributed by atoms with E-state index in [2.05, 4.69) is 15.3 Å². The fourth-order valence-electron chi connectivity index (χ4n) is 1.23. The van der Waals surface area contributed by atoms with E-state index in [1.165, 1.54) is 6.20 Å². The van der Waals surface area contributed by atoms with Crippen LogP contribution in [-0.4, -0.2) is 9.97 Å². The van der Waals surface area contributed by atoms with Gasteiger partial charge in [-0.3, -0.25) is 0 Å². The van der Waals surface area contributed by atoms with Crippen LogP contribution in [0.4, 0.5) is 24.8 Å². The number of halogens is 3. The zero-order valence-corrected chi connectivity index (χ0v) is 8.31. The molecule has 0 radical (unpaired) electrons. The lowest BCUT2D eigenvalue weighted by Gasteiger charge is -2.05. The Balaban J connectivity index is 2.32. The molecule has 2 aromatic rings. The van der Waals surface area contributed by atoms with Crippen LogP contribution >= 0.6 is 0 Å². The molecule has 0 saturated carbocycles. The highest BCUT2D eigenvalue weighted by Crippen LogP contribution is 2.21. The third-order valence-electron chi connectivity index (χ3n) is 1.99. The predicted octanol–water partition coefficient (Wildman–Crippen LogP) is 2.88. The van der Waals surface area contributed by atoms with Crippen molar-refractivity contribution < 1.29 is 13.2 Å². The fourth-order valence-corrected chi connectivity index (χ4v) is 1.23. The first-order chi connectivity index (χ1) is 7.58. The van der Waals surface area contributed by atoms with E-state index in [1.54, 1.807) is 6.92 Å². The van der Waals surface area contributed by atoms with Crippen molar-refractivity contribution >= 4 is 11.6 Å². The number of rotatable bonds is 2. The maximum atomic E-state index is 13.2. The number of H-pyrrole nitrogens is 1. The zero-order chi connectivity index (χ0) is 11.7. The lowest BCUT2D eigenvalue weighted by atomic mass is 10.3. The molecule has 0 aliphatic rings. The summed E-state index contributed by atoms with van der Waals surface area (Å²) in [5, 5.41) is 2.51. The second-order valence-corrected chi connectivity index (χ2v) is 3.26. The van der Waals surface area contributed by atoms with Crippen LogP contribution in [0.25, 0.3) is 0 Å². The van der Waals surface area contributed by atoms with E-state index in [0.717, 1.165) is 17.8 Å². The van der Waals surface area contributed by atoms with Gasteiger partial charge in [0, 0.05) is 11.9 Å². The largest absolute Gasteiger partial charge is 0.328 e. The predicted molar refractivity (Wildman–Crippen MR) is 52.9 cm³/mol. The maximum absolute atomic E-state index is 13.2. The molecule has 0 aliphatic carbocycles. The highest BCUT2D eigenvalue weighted by Gasteiger charge is 2.13. The van der Waals surface area contributed by atoms with E-state index < -0.39 is 17.5 Å². The van der Waals surface area contributed by atoms with Crippen molar-refractivity contribution in [1.29, 1.82) is 0 Å². The van der Waals surface area contributed by atoms with E-state index in [4.69, 9.17) is 0 Å². The van der Waals surface area contributed by atoms with Gasteiger partial charge in [-0.25, -0.2) is 18.2 Å². The SMILES string of the molecule is Cc1cnc(Nc2ccc(F)c(F)c2F)[nH]1. The van der Waals surface area contributed by atoms with Crippen molar-refractivity contribution in [3.8, 4) is 0 Å². The van der Waals surface area contributed by atoms with E-state index >= 15 is 0 Å². The van der Waals surface area contributed by atoms with Gasteiger partial charge in [-0.1, -0.05) is 0 Å². The third kappa shape index (κ3) is 1.86. The fraction of sp³-hybridized carbons (Fsp3) is 0.100. The average molecular weight is 227 g/mol. The van der Waals surface area contributed by atoms with Crippen molar-refractivity contribution in [2.45, 2.75) is 6.92 Å². The molecule has 16 heavy (non-hydrogen) atoms. The standard InChI is InChI=1S/C10H8F3N3/c1-5-4-14-10(15-5)16-7-3-2-6(11)8(12)9(7)13/h2-4H,1H3,(H2,14,15,16). The zero-order valence-electron chi connectivity index (χ0n) is 8.31. The Hall–Kier alpha value is -1.98. The van der Waals surface area contributed by atoms with Crippen molar-refractivity contribution in [2.75, 3.05) is 5.32 Å². The Bertz CT molecular complexity index is 522. The number of hydrogen-bond acceptors (Lipinski definition) is 2. The quantitative estimate of drug-likeness (QED) is 0.774. The molecular weight excluding hydrogens is 219 g/mol. The monoisotopic (exact) mass is 227 g/mol. The van der Waals surface area contributed by atoms with Gasteiger partial charge in [0.1, 0.15) is 0 Å². The summed E-state index contributed by atoms with van der Waals surface area (Å²) in [7, 11) is 0. The molecule has 0 unspecified atom stereocenters. The van der Waals surface area contributed by atoms with Gasteiger partial charge in [0.15, 0.2) is 17.5 Å². The second-order valence-electron chi connectivity index (χ2n) is 3.26. The molecule has 1 aromatic carbocycles. The van der Waals surface area contributed by atoms with E-state index in [0.29, 0.717) is 0 Å². The number of anilines is 2. The first-order valence-electron chi connectivity index (χ1n) is 4.50. The molecule has 0 bridgehead atoms.